The van der Waals surface area contributed by atoms with Gasteiger partial charge in [0.05, 0.1) is 5.69 Å². The Morgan fingerprint density at radius 3 is 2.36 bits per heavy atom. The monoisotopic (exact) mass is 343 g/mol. The Labute approximate surface area is 148 Å². The number of quaternary nitrogens is 2. The van der Waals surface area contributed by atoms with Crippen molar-refractivity contribution in [3.8, 4) is 0 Å². The molecular weight excluding hydrogens is 317 g/mol. The van der Waals surface area contributed by atoms with Crippen LogP contribution in [0.25, 0.3) is 0 Å². The fourth-order valence-corrected chi connectivity index (χ4v) is 3.41. The van der Waals surface area contributed by atoms with Crippen LogP contribution in [0.3, 0.4) is 0 Å². The summed E-state index contributed by atoms with van der Waals surface area (Å²) in [4.78, 5) is 15.3. The van der Waals surface area contributed by atoms with Gasteiger partial charge >= 0.3 is 0 Å². The van der Waals surface area contributed by atoms with E-state index in [2.05, 4.69) is 29.6 Å². The second-order valence-corrected chi connectivity index (χ2v) is 6.76. The van der Waals surface area contributed by atoms with Crippen LogP contribution in [0.15, 0.2) is 54.6 Å². The molecular formula is C20H26FN3O+2. The summed E-state index contributed by atoms with van der Waals surface area (Å²) in [5.41, 5.74) is 1.61. The van der Waals surface area contributed by atoms with E-state index >= 15 is 0 Å². The van der Waals surface area contributed by atoms with E-state index in [1.54, 1.807) is 23.1 Å². The summed E-state index contributed by atoms with van der Waals surface area (Å²) in [6, 6.07) is 16.6. The molecule has 0 aliphatic carbocycles. The van der Waals surface area contributed by atoms with Gasteiger partial charge in [-0.2, -0.15) is 0 Å². The van der Waals surface area contributed by atoms with Gasteiger partial charge in [0.15, 0.2) is 6.04 Å². The molecule has 0 unspecified atom stereocenters. The second kappa shape index (κ2) is 8.23. The molecule has 0 spiro atoms. The maximum atomic E-state index is 13.7. The summed E-state index contributed by atoms with van der Waals surface area (Å²) < 4.78 is 13.7. The molecule has 1 saturated heterocycles. The SMILES string of the molecule is C[C@@H](C(=O)Nc1ccccc1F)[NH+]1CC[NH+](Cc2ccccc2)CC1. The number of hydrogen-bond acceptors (Lipinski definition) is 1. The minimum atomic E-state index is -0.393. The van der Waals surface area contributed by atoms with Crippen LogP contribution in [0.2, 0.25) is 0 Å². The van der Waals surface area contributed by atoms with Crippen LogP contribution in [0.5, 0.6) is 0 Å². The number of carbonyl (C=O) groups excluding carboxylic acids is 1. The van der Waals surface area contributed by atoms with Crippen molar-refractivity contribution in [3.63, 3.8) is 0 Å². The van der Waals surface area contributed by atoms with E-state index in [0.29, 0.717) is 0 Å². The molecule has 3 N–H and O–H groups in total. The summed E-state index contributed by atoms with van der Waals surface area (Å²) in [5, 5.41) is 2.72. The fraction of sp³-hybridized carbons (Fsp3) is 0.350. The molecule has 0 bridgehead atoms. The Morgan fingerprint density at radius 2 is 1.68 bits per heavy atom. The Balaban J connectivity index is 1.50. The van der Waals surface area contributed by atoms with Gasteiger partial charge in [0.2, 0.25) is 0 Å². The van der Waals surface area contributed by atoms with Gasteiger partial charge in [-0.1, -0.05) is 42.5 Å². The standard InChI is InChI=1S/C20H24FN3O/c1-16(20(25)22-19-10-6-5-9-18(19)21)24-13-11-23(12-14-24)15-17-7-3-2-4-8-17/h2-10,16H,11-15H2,1H3,(H,22,25)/p+2/t16-/m0/s1. The van der Waals surface area contributed by atoms with Gasteiger partial charge in [0.1, 0.15) is 38.5 Å². The van der Waals surface area contributed by atoms with E-state index in [0.717, 1.165) is 32.7 Å². The van der Waals surface area contributed by atoms with E-state index in [1.807, 2.05) is 13.0 Å². The summed E-state index contributed by atoms with van der Waals surface area (Å²) in [6.07, 6.45) is 0. The summed E-state index contributed by atoms with van der Waals surface area (Å²) in [5.74, 6) is -0.512. The van der Waals surface area contributed by atoms with Gasteiger partial charge in [0.25, 0.3) is 5.91 Å². The van der Waals surface area contributed by atoms with Crippen LogP contribution in [0.4, 0.5) is 10.1 Å². The largest absolute Gasteiger partial charge is 0.322 e. The van der Waals surface area contributed by atoms with Crippen molar-refractivity contribution in [2.24, 2.45) is 0 Å². The molecule has 4 nitrogen and oxygen atoms in total. The number of halogens is 1. The number of piperazine rings is 1. The fourth-order valence-electron chi connectivity index (χ4n) is 3.41. The second-order valence-electron chi connectivity index (χ2n) is 6.76. The number of carbonyl (C=O) groups is 1. The lowest BCUT2D eigenvalue weighted by Crippen LogP contribution is -3.29. The Kier molecular flexibility index (Phi) is 5.79. The number of para-hydroxylation sites is 1. The third kappa shape index (κ3) is 4.65. The van der Waals surface area contributed by atoms with Gasteiger partial charge in [-0.05, 0) is 19.1 Å². The average molecular weight is 343 g/mol. The molecule has 1 aliphatic heterocycles. The number of hydrogen-bond donors (Lipinski definition) is 3. The number of amides is 1. The first-order chi connectivity index (χ1) is 12.1. The first-order valence-corrected chi connectivity index (χ1v) is 8.91. The lowest BCUT2D eigenvalue weighted by Gasteiger charge is -2.32. The number of benzene rings is 2. The molecule has 25 heavy (non-hydrogen) atoms. The Morgan fingerprint density at radius 1 is 1.04 bits per heavy atom. The number of rotatable bonds is 5. The van der Waals surface area contributed by atoms with Gasteiger partial charge in [-0.15, -0.1) is 0 Å². The molecule has 2 aromatic rings. The third-order valence-electron chi connectivity index (χ3n) is 5.03. The summed E-state index contributed by atoms with van der Waals surface area (Å²) >= 11 is 0. The normalized spacial score (nSPS) is 21.5. The highest BCUT2D eigenvalue weighted by atomic mass is 19.1. The van der Waals surface area contributed by atoms with Crippen molar-refractivity contribution in [2.45, 2.75) is 19.5 Å². The first kappa shape index (κ1) is 17.6. The minimum Gasteiger partial charge on any atom is -0.322 e. The van der Waals surface area contributed by atoms with Crippen molar-refractivity contribution >= 4 is 11.6 Å². The van der Waals surface area contributed by atoms with E-state index in [9.17, 15) is 9.18 Å². The van der Waals surface area contributed by atoms with Gasteiger partial charge in [0, 0.05) is 5.56 Å². The molecule has 1 heterocycles. The van der Waals surface area contributed by atoms with Crippen molar-refractivity contribution in [3.05, 3.63) is 66.0 Å². The van der Waals surface area contributed by atoms with Crippen molar-refractivity contribution in [2.75, 3.05) is 31.5 Å². The van der Waals surface area contributed by atoms with Gasteiger partial charge < -0.3 is 15.1 Å². The molecule has 5 heteroatoms. The van der Waals surface area contributed by atoms with E-state index in [4.69, 9.17) is 0 Å². The van der Waals surface area contributed by atoms with Crippen molar-refractivity contribution < 1.29 is 19.0 Å². The topological polar surface area (TPSA) is 38.0 Å². The maximum absolute atomic E-state index is 13.7. The molecule has 1 fully saturated rings. The predicted molar refractivity (Wildman–Crippen MR) is 96.0 cm³/mol. The van der Waals surface area contributed by atoms with Crippen LogP contribution >= 0.6 is 0 Å². The zero-order valence-corrected chi connectivity index (χ0v) is 14.6. The highest BCUT2D eigenvalue weighted by Gasteiger charge is 2.31. The summed E-state index contributed by atoms with van der Waals surface area (Å²) in [7, 11) is 0. The maximum Gasteiger partial charge on any atom is 0.282 e. The van der Waals surface area contributed by atoms with Crippen LogP contribution in [0, 0.1) is 5.82 Å². The first-order valence-electron chi connectivity index (χ1n) is 8.91. The number of anilines is 1. The molecule has 0 aromatic heterocycles. The Hall–Kier alpha value is -2.24. The smallest absolute Gasteiger partial charge is 0.282 e. The number of nitrogens with one attached hydrogen (secondary N) is 3. The quantitative estimate of drug-likeness (QED) is 0.710. The minimum absolute atomic E-state index is 0.119. The molecule has 132 valence electrons. The molecule has 2 aromatic carbocycles. The summed E-state index contributed by atoms with van der Waals surface area (Å²) in [6.45, 7) is 6.95. The van der Waals surface area contributed by atoms with Crippen LogP contribution < -0.4 is 15.1 Å². The molecule has 1 amide bonds. The highest BCUT2D eigenvalue weighted by Crippen LogP contribution is 2.12. The van der Waals surface area contributed by atoms with E-state index in [-0.39, 0.29) is 17.6 Å². The Bertz CT molecular complexity index is 699. The molecule has 3 rings (SSSR count). The average Bonchev–Trinajstić information content (AvgIpc) is 2.64. The predicted octanol–water partition coefficient (Wildman–Crippen LogP) is 0.136. The van der Waals surface area contributed by atoms with E-state index < -0.39 is 5.82 Å². The lowest BCUT2D eigenvalue weighted by molar-refractivity contribution is -1.02. The lowest BCUT2D eigenvalue weighted by atomic mass is 10.1. The zero-order chi connectivity index (χ0) is 17.6. The molecule has 1 atom stereocenters. The van der Waals surface area contributed by atoms with Crippen LogP contribution in [0.1, 0.15) is 12.5 Å². The molecule has 0 radical (unpaired) electrons. The molecule has 0 saturated carbocycles. The van der Waals surface area contributed by atoms with E-state index in [1.165, 1.54) is 16.5 Å². The molecule has 1 aliphatic rings. The van der Waals surface area contributed by atoms with Gasteiger partial charge in [-0.25, -0.2) is 4.39 Å². The highest BCUT2D eigenvalue weighted by molar-refractivity contribution is 5.93. The van der Waals surface area contributed by atoms with Crippen molar-refractivity contribution in [1.82, 2.24) is 0 Å². The zero-order valence-electron chi connectivity index (χ0n) is 14.6. The van der Waals surface area contributed by atoms with Crippen LogP contribution in [-0.2, 0) is 11.3 Å². The van der Waals surface area contributed by atoms with Crippen molar-refractivity contribution in [1.29, 1.82) is 0 Å². The van der Waals surface area contributed by atoms with Crippen LogP contribution in [-0.4, -0.2) is 38.1 Å². The third-order valence-corrected chi connectivity index (χ3v) is 5.03. The van der Waals surface area contributed by atoms with Gasteiger partial charge in [-0.3, -0.25) is 4.79 Å².